The van der Waals surface area contributed by atoms with Crippen molar-refractivity contribution in [1.29, 1.82) is 0 Å². The summed E-state index contributed by atoms with van der Waals surface area (Å²) in [6, 6.07) is 10.9. The van der Waals surface area contributed by atoms with Gasteiger partial charge in [-0.3, -0.25) is 13.6 Å². The van der Waals surface area contributed by atoms with E-state index in [-0.39, 0.29) is 30.9 Å². The lowest BCUT2D eigenvalue weighted by Crippen LogP contribution is -2.11. The van der Waals surface area contributed by atoms with Crippen LogP contribution in [-0.2, 0) is 36.1 Å². The minimum absolute atomic E-state index is 0.0248. The molecule has 0 bridgehead atoms. The summed E-state index contributed by atoms with van der Waals surface area (Å²) in [5.74, 6) is -0.818. The van der Waals surface area contributed by atoms with Crippen molar-refractivity contribution in [1.82, 2.24) is 0 Å². The van der Waals surface area contributed by atoms with Gasteiger partial charge in [-0.05, 0) is 29.8 Å². The van der Waals surface area contributed by atoms with E-state index < -0.39 is 26.2 Å². The molecule has 0 aromatic heterocycles. The number of esters is 1. The summed E-state index contributed by atoms with van der Waals surface area (Å²) in [7, 11) is -2.48. The van der Waals surface area contributed by atoms with Gasteiger partial charge in [0, 0.05) is 5.56 Å². The van der Waals surface area contributed by atoms with Crippen LogP contribution in [0.5, 0.6) is 5.75 Å². The fourth-order valence-electron chi connectivity index (χ4n) is 2.39. The number of halogens is 1. The van der Waals surface area contributed by atoms with Crippen LogP contribution in [0, 0.1) is 5.82 Å². The van der Waals surface area contributed by atoms with E-state index in [0.29, 0.717) is 5.75 Å². The topological polar surface area (TPSA) is 80.3 Å². The maximum atomic E-state index is 14.4. The van der Waals surface area contributed by atoms with Gasteiger partial charge in [0.05, 0.1) is 32.5 Å². The van der Waals surface area contributed by atoms with Gasteiger partial charge in [0.25, 0.3) is 0 Å². The first-order chi connectivity index (χ1) is 14.9. The summed E-state index contributed by atoms with van der Waals surface area (Å²) in [5.41, 5.74) is 0.530. The number of carbonyl (C=O) groups excluding carboxylic acids is 1. The highest BCUT2D eigenvalue weighted by atomic mass is 31.2. The molecular weight excluding hydrogens is 426 g/mol. The van der Waals surface area contributed by atoms with E-state index in [4.69, 9.17) is 23.0 Å². The Balaban J connectivity index is 2.11. The number of rotatable bonds is 13. The van der Waals surface area contributed by atoms with Gasteiger partial charge in [0.15, 0.2) is 0 Å². The molecule has 9 heteroatoms. The number of phosphoric acid groups is 1. The van der Waals surface area contributed by atoms with E-state index in [1.807, 2.05) is 0 Å². The molecule has 0 unspecified atom stereocenters. The minimum atomic E-state index is -4.03. The zero-order valence-electron chi connectivity index (χ0n) is 17.1. The van der Waals surface area contributed by atoms with E-state index in [1.54, 1.807) is 31.4 Å². The van der Waals surface area contributed by atoms with Crippen molar-refractivity contribution in [2.75, 3.05) is 20.3 Å². The van der Waals surface area contributed by atoms with Crippen LogP contribution in [0.25, 0.3) is 0 Å². The fraction of sp³-hybridized carbons (Fsp3) is 0.227. The molecule has 0 aliphatic carbocycles. The van der Waals surface area contributed by atoms with Crippen LogP contribution in [0.4, 0.5) is 4.39 Å². The molecule has 166 valence electrons. The van der Waals surface area contributed by atoms with Crippen LogP contribution in [0.1, 0.15) is 21.5 Å². The van der Waals surface area contributed by atoms with Crippen molar-refractivity contribution in [3.63, 3.8) is 0 Å². The summed E-state index contributed by atoms with van der Waals surface area (Å²) in [6.45, 7) is 6.15. The highest BCUT2D eigenvalue weighted by molar-refractivity contribution is 7.48. The molecule has 0 amide bonds. The molecule has 31 heavy (non-hydrogen) atoms. The minimum Gasteiger partial charge on any atom is -0.497 e. The summed E-state index contributed by atoms with van der Waals surface area (Å²) in [6.07, 6.45) is 2.72. The van der Waals surface area contributed by atoms with Crippen molar-refractivity contribution in [2.24, 2.45) is 0 Å². The van der Waals surface area contributed by atoms with E-state index in [1.165, 1.54) is 24.3 Å². The molecule has 0 saturated heterocycles. The molecule has 0 aliphatic rings. The number of methoxy groups -OCH3 is 1. The lowest BCUT2D eigenvalue weighted by atomic mass is 10.1. The van der Waals surface area contributed by atoms with Crippen LogP contribution in [-0.4, -0.2) is 26.3 Å². The predicted molar refractivity (Wildman–Crippen MR) is 113 cm³/mol. The summed E-state index contributed by atoms with van der Waals surface area (Å²) < 4.78 is 52.8. The molecule has 2 aromatic carbocycles. The summed E-state index contributed by atoms with van der Waals surface area (Å²) in [4.78, 5) is 12.6. The third-order valence-electron chi connectivity index (χ3n) is 3.94. The average Bonchev–Trinajstić information content (AvgIpc) is 2.79. The Bertz CT molecular complexity index is 927. The molecule has 0 N–H and O–H groups in total. The van der Waals surface area contributed by atoms with Gasteiger partial charge >= 0.3 is 13.8 Å². The molecular formula is C22H24FO7P. The molecule has 0 atom stereocenters. The number of carbonyl (C=O) groups is 1. The zero-order chi connectivity index (χ0) is 22.7. The van der Waals surface area contributed by atoms with Crippen LogP contribution in [0.2, 0.25) is 0 Å². The van der Waals surface area contributed by atoms with Crippen LogP contribution in [0.3, 0.4) is 0 Å². The maximum absolute atomic E-state index is 14.4. The lowest BCUT2D eigenvalue weighted by Gasteiger charge is -2.18. The number of benzene rings is 2. The van der Waals surface area contributed by atoms with E-state index in [0.717, 1.165) is 11.6 Å². The Hall–Kier alpha value is -2.77. The van der Waals surface area contributed by atoms with Gasteiger partial charge in [-0.1, -0.05) is 30.4 Å². The molecule has 2 aromatic rings. The zero-order valence-corrected chi connectivity index (χ0v) is 18.0. The molecule has 0 heterocycles. The van der Waals surface area contributed by atoms with Gasteiger partial charge in [0.2, 0.25) is 0 Å². The van der Waals surface area contributed by atoms with Crippen molar-refractivity contribution in [3.8, 4) is 5.75 Å². The second-order valence-electron chi connectivity index (χ2n) is 6.08. The lowest BCUT2D eigenvalue weighted by molar-refractivity contribution is 0.0466. The Morgan fingerprint density at radius 3 is 2.23 bits per heavy atom. The third-order valence-corrected chi connectivity index (χ3v) is 5.31. The smallest absolute Gasteiger partial charge is 0.475 e. The first kappa shape index (κ1) is 24.5. The molecule has 0 spiro atoms. The van der Waals surface area contributed by atoms with Crippen molar-refractivity contribution >= 4 is 13.8 Å². The highest BCUT2D eigenvalue weighted by Crippen LogP contribution is 2.50. The monoisotopic (exact) mass is 450 g/mol. The Kier molecular flexibility index (Phi) is 9.62. The third kappa shape index (κ3) is 7.45. The Morgan fingerprint density at radius 2 is 1.65 bits per heavy atom. The molecule has 0 saturated carbocycles. The van der Waals surface area contributed by atoms with Crippen LogP contribution >= 0.6 is 7.82 Å². The van der Waals surface area contributed by atoms with E-state index >= 15 is 0 Å². The SMILES string of the molecule is C=CCOP(=O)(OCC=C)OCc1c(F)cccc1C(=O)OCc1ccc(OC)cc1. The van der Waals surface area contributed by atoms with Gasteiger partial charge in [-0.2, -0.15) is 0 Å². The van der Waals surface area contributed by atoms with Gasteiger partial charge < -0.3 is 9.47 Å². The first-order valence-corrected chi connectivity index (χ1v) is 10.7. The fourth-order valence-corrected chi connectivity index (χ4v) is 3.48. The summed E-state index contributed by atoms with van der Waals surface area (Å²) in [5, 5.41) is 0. The number of hydrogen-bond acceptors (Lipinski definition) is 7. The predicted octanol–water partition coefficient (Wildman–Crippen LogP) is 5.22. The second kappa shape index (κ2) is 12.2. The highest BCUT2D eigenvalue weighted by Gasteiger charge is 2.28. The first-order valence-electron chi connectivity index (χ1n) is 9.25. The van der Waals surface area contributed by atoms with E-state index in [2.05, 4.69) is 13.2 Å². The normalized spacial score (nSPS) is 11.0. The van der Waals surface area contributed by atoms with Crippen molar-refractivity contribution in [3.05, 3.63) is 90.3 Å². The maximum Gasteiger partial charge on any atom is 0.475 e. The average molecular weight is 450 g/mol. The van der Waals surface area contributed by atoms with Gasteiger partial charge in [0.1, 0.15) is 18.2 Å². The largest absolute Gasteiger partial charge is 0.497 e. The van der Waals surface area contributed by atoms with Crippen LogP contribution < -0.4 is 4.74 Å². The van der Waals surface area contributed by atoms with Gasteiger partial charge in [-0.25, -0.2) is 13.8 Å². The number of hydrogen-bond donors (Lipinski definition) is 0. The second-order valence-corrected chi connectivity index (χ2v) is 7.75. The van der Waals surface area contributed by atoms with Crippen molar-refractivity contribution < 1.29 is 36.8 Å². The van der Waals surface area contributed by atoms with Crippen molar-refractivity contribution in [2.45, 2.75) is 13.2 Å². The Morgan fingerprint density at radius 1 is 1.00 bits per heavy atom. The molecule has 7 nitrogen and oxygen atoms in total. The molecule has 0 radical (unpaired) electrons. The van der Waals surface area contributed by atoms with Gasteiger partial charge in [-0.15, -0.1) is 13.2 Å². The number of phosphoric ester groups is 1. The molecule has 2 rings (SSSR count). The number of ether oxygens (including phenoxy) is 2. The summed E-state index contributed by atoms with van der Waals surface area (Å²) >= 11 is 0. The van der Waals surface area contributed by atoms with E-state index in [9.17, 15) is 13.8 Å². The Labute approximate surface area is 180 Å². The standard InChI is InChI=1S/C22H24FO7P/c1-4-13-28-31(25,29-14-5-2)30-16-20-19(7-6-8-21(20)23)22(24)27-15-17-9-11-18(26-3)12-10-17/h4-12H,1-2,13-16H2,3H3. The quantitative estimate of drug-likeness (QED) is 0.235. The molecule has 0 fully saturated rings. The van der Waals surface area contributed by atoms with Crippen LogP contribution in [0.15, 0.2) is 67.8 Å². The molecule has 0 aliphatic heterocycles.